The summed E-state index contributed by atoms with van der Waals surface area (Å²) in [4.78, 5) is 16.9. The van der Waals surface area contributed by atoms with E-state index in [1.54, 1.807) is 36.4 Å². The van der Waals surface area contributed by atoms with Gasteiger partial charge >= 0.3 is 0 Å². The molecule has 0 unspecified atom stereocenters. The van der Waals surface area contributed by atoms with Crippen LogP contribution in [0.2, 0.25) is 5.02 Å². The number of nitrogens with zero attached hydrogens (tertiary/aromatic N) is 3. The summed E-state index contributed by atoms with van der Waals surface area (Å²) in [6.07, 6.45) is 3.69. The molecule has 1 N–H and O–H groups in total. The Hall–Kier alpha value is -3.32. The first-order chi connectivity index (χ1) is 14.0. The topological polar surface area (TPSA) is 81.7 Å². The van der Waals surface area contributed by atoms with E-state index in [0.29, 0.717) is 29.5 Å². The van der Waals surface area contributed by atoms with Crippen molar-refractivity contribution in [3.8, 4) is 5.75 Å². The van der Waals surface area contributed by atoms with Crippen molar-refractivity contribution < 1.29 is 14.1 Å². The summed E-state index contributed by atoms with van der Waals surface area (Å²) >= 11 is 5.97. The van der Waals surface area contributed by atoms with Crippen LogP contribution in [0, 0.1) is 13.8 Å². The predicted molar refractivity (Wildman–Crippen MR) is 108 cm³/mol. The molecule has 0 saturated heterocycles. The molecule has 0 atom stereocenters. The lowest BCUT2D eigenvalue weighted by Gasteiger charge is -2.07. The van der Waals surface area contributed by atoms with Crippen LogP contribution in [-0.2, 0) is 13.2 Å². The molecular formula is C21H19ClN4O3. The number of pyridine rings is 1. The fraction of sp³-hybridized carbons (Fsp3) is 0.190. The van der Waals surface area contributed by atoms with E-state index < -0.39 is 0 Å². The van der Waals surface area contributed by atoms with Gasteiger partial charge in [-0.15, -0.1) is 0 Å². The minimum atomic E-state index is -0.183. The zero-order valence-corrected chi connectivity index (χ0v) is 16.7. The summed E-state index contributed by atoms with van der Waals surface area (Å²) in [6.45, 7) is 4.41. The minimum absolute atomic E-state index is 0.183. The summed E-state index contributed by atoms with van der Waals surface area (Å²) in [5, 5.41) is 7.40. The third kappa shape index (κ3) is 4.25. The Kier molecular flexibility index (Phi) is 5.22. The molecule has 7 nitrogen and oxygen atoms in total. The number of amides is 1. The van der Waals surface area contributed by atoms with Crippen LogP contribution in [-0.4, -0.2) is 20.4 Å². The maximum atomic E-state index is 12.4. The maximum absolute atomic E-state index is 12.4. The lowest BCUT2D eigenvalue weighted by atomic mass is 10.2. The number of hydrogen-bond acceptors (Lipinski definition) is 5. The lowest BCUT2D eigenvalue weighted by molar-refractivity contribution is 0.0950. The number of imidazole rings is 1. The Bertz CT molecular complexity index is 1150. The van der Waals surface area contributed by atoms with Gasteiger partial charge in [-0.1, -0.05) is 16.8 Å². The second kappa shape index (κ2) is 7.97. The number of carbonyl (C=O) groups is 1. The van der Waals surface area contributed by atoms with E-state index in [4.69, 9.17) is 20.9 Å². The molecule has 0 saturated carbocycles. The number of nitrogens with one attached hydrogen (secondary N) is 1. The predicted octanol–water partition coefficient (Wildman–Crippen LogP) is 4.10. The van der Waals surface area contributed by atoms with Gasteiger partial charge in [0.05, 0.1) is 23.5 Å². The number of rotatable bonds is 6. The Morgan fingerprint density at radius 2 is 2.03 bits per heavy atom. The monoisotopic (exact) mass is 410 g/mol. The van der Waals surface area contributed by atoms with Crippen LogP contribution >= 0.6 is 11.6 Å². The van der Waals surface area contributed by atoms with Crippen LogP contribution in [0.4, 0.5) is 0 Å². The van der Waals surface area contributed by atoms with Crippen molar-refractivity contribution in [1.29, 1.82) is 0 Å². The van der Waals surface area contributed by atoms with Crippen LogP contribution in [0.25, 0.3) is 5.65 Å². The number of carbonyl (C=O) groups excluding carboxylic acids is 1. The largest absolute Gasteiger partial charge is 0.489 e. The first-order valence-electron chi connectivity index (χ1n) is 9.05. The van der Waals surface area contributed by atoms with Crippen molar-refractivity contribution in [1.82, 2.24) is 19.9 Å². The number of aryl methyl sites for hydroxylation is 2. The van der Waals surface area contributed by atoms with E-state index in [-0.39, 0.29) is 5.91 Å². The normalized spacial score (nSPS) is 11.0. The Morgan fingerprint density at radius 3 is 2.76 bits per heavy atom. The second-order valence-electron chi connectivity index (χ2n) is 6.64. The molecule has 29 heavy (non-hydrogen) atoms. The quantitative estimate of drug-likeness (QED) is 0.517. The smallest absolute Gasteiger partial charge is 0.251 e. The highest BCUT2D eigenvalue weighted by atomic mass is 35.5. The summed E-state index contributed by atoms with van der Waals surface area (Å²) in [6, 6.07) is 10.5. The molecule has 0 radical (unpaired) electrons. The number of aromatic nitrogens is 3. The van der Waals surface area contributed by atoms with Crippen molar-refractivity contribution in [2.75, 3.05) is 0 Å². The fourth-order valence-corrected chi connectivity index (χ4v) is 3.09. The highest BCUT2D eigenvalue weighted by Gasteiger charge is 2.11. The number of halogens is 1. The standard InChI is InChI=1S/C21H19ClN4O3/c1-13-19(14(2)29-25-13)12-28-18-5-3-15(4-6-18)21(27)23-10-17-11-26-8-7-16(22)9-20(26)24-17/h3-9,11H,10,12H2,1-2H3,(H,23,27). The highest BCUT2D eigenvalue weighted by Crippen LogP contribution is 2.18. The van der Waals surface area contributed by atoms with Gasteiger partial charge in [0, 0.05) is 23.0 Å². The molecule has 0 aliphatic heterocycles. The molecular weight excluding hydrogens is 392 g/mol. The molecule has 3 aromatic heterocycles. The summed E-state index contributed by atoms with van der Waals surface area (Å²) in [5.41, 5.74) is 3.77. The average molecular weight is 411 g/mol. The summed E-state index contributed by atoms with van der Waals surface area (Å²) in [5.74, 6) is 1.23. The maximum Gasteiger partial charge on any atom is 0.251 e. The number of fused-ring (bicyclic) bond motifs is 1. The highest BCUT2D eigenvalue weighted by molar-refractivity contribution is 6.30. The van der Waals surface area contributed by atoms with Gasteiger partial charge in [-0.2, -0.15) is 0 Å². The minimum Gasteiger partial charge on any atom is -0.489 e. The second-order valence-corrected chi connectivity index (χ2v) is 7.08. The first-order valence-corrected chi connectivity index (χ1v) is 9.43. The van der Waals surface area contributed by atoms with E-state index in [1.807, 2.05) is 30.6 Å². The van der Waals surface area contributed by atoms with Gasteiger partial charge in [0.25, 0.3) is 5.91 Å². The molecule has 0 fully saturated rings. The molecule has 1 aromatic carbocycles. The van der Waals surface area contributed by atoms with Gasteiger partial charge in [0.2, 0.25) is 0 Å². The van der Waals surface area contributed by atoms with Gasteiger partial charge in [-0.25, -0.2) is 4.98 Å². The van der Waals surface area contributed by atoms with Crippen molar-refractivity contribution >= 4 is 23.2 Å². The van der Waals surface area contributed by atoms with E-state index in [0.717, 1.165) is 28.4 Å². The lowest BCUT2D eigenvalue weighted by Crippen LogP contribution is -2.22. The van der Waals surface area contributed by atoms with E-state index >= 15 is 0 Å². The first kappa shape index (κ1) is 19.0. The van der Waals surface area contributed by atoms with Crippen LogP contribution < -0.4 is 10.1 Å². The van der Waals surface area contributed by atoms with Gasteiger partial charge < -0.3 is 19.0 Å². The molecule has 4 rings (SSSR count). The van der Waals surface area contributed by atoms with Crippen LogP contribution in [0.3, 0.4) is 0 Å². The molecule has 1 amide bonds. The Morgan fingerprint density at radius 1 is 1.24 bits per heavy atom. The average Bonchev–Trinajstić information content (AvgIpc) is 3.27. The molecule has 0 aliphatic carbocycles. The fourth-order valence-electron chi connectivity index (χ4n) is 2.93. The Labute approximate surface area is 172 Å². The van der Waals surface area contributed by atoms with Gasteiger partial charge in [-0.05, 0) is 50.2 Å². The van der Waals surface area contributed by atoms with Crippen molar-refractivity contribution in [3.63, 3.8) is 0 Å². The summed E-state index contributed by atoms with van der Waals surface area (Å²) in [7, 11) is 0. The van der Waals surface area contributed by atoms with E-state index in [1.165, 1.54) is 0 Å². The molecule has 3 heterocycles. The van der Waals surface area contributed by atoms with Crippen molar-refractivity contribution in [2.24, 2.45) is 0 Å². The van der Waals surface area contributed by atoms with Crippen LogP contribution in [0.1, 0.15) is 33.1 Å². The molecule has 4 aromatic rings. The van der Waals surface area contributed by atoms with E-state index in [9.17, 15) is 4.79 Å². The third-order valence-electron chi connectivity index (χ3n) is 4.58. The Balaban J connectivity index is 1.35. The summed E-state index contributed by atoms with van der Waals surface area (Å²) < 4.78 is 12.8. The van der Waals surface area contributed by atoms with Crippen LogP contribution in [0.5, 0.6) is 5.75 Å². The molecule has 8 heteroatoms. The zero-order valence-electron chi connectivity index (χ0n) is 16.0. The SMILES string of the molecule is Cc1noc(C)c1COc1ccc(C(=O)NCc2cn3ccc(Cl)cc3n2)cc1. The molecule has 0 aliphatic rings. The number of ether oxygens (including phenoxy) is 1. The van der Waals surface area contributed by atoms with Crippen LogP contribution in [0.15, 0.2) is 53.3 Å². The van der Waals surface area contributed by atoms with E-state index in [2.05, 4.69) is 15.5 Å². The van der Waals surface area contributed by atoms with Crippen molar-refractivity contribution in [2.45, 2.75) is 27.0 Å². The van der Waals surface area contributed by atoms with Crippen molar-refractivity contribution in [3.05, 3.63) is 82.1 Å². The molecule has 148 valence electrons. The zero-order chi connectivity index (χ0) is 20.4. The van der Waals surface area contributed by atoms with Gasteiger partial charge in [0.1, 0.15) is 23.8 Å². The van der Waals surface area contributed by atoms with Gasteiger partial charge in [0.15, 0.2) is 0 Å². The molecule has 0 bridgehead atoms. The van der Waals surface area contributed by atoms with Gasteiger partial charge in [-0.3, -0.25) is 4.79 Å². The number of benzene rings is 1. The third-order valence-corrected chi connectivity index (χ3v) is 4.82. The molecule has 0 spiro atoms. The number of hydrogen-bond donors (Lipinski definition) is 1.